The van der Waals surface area contributed by atoms with E-state index in [9.17, 15) is 9.90 Å². The second kappa shape index (κ2) is 6.14. The topological polar surface area (TPSA) is 58.6 Å². The first-order chi connectivity index (χ1) is 6.35. The summed E-state index contributed by atoms with van der Waals surface area (Å²) in [5.74, 6) is 0.607. The van der Waals surface area contributed by atoms with E-state index < -0.39 is 17.8 Å². The Bertz CT molecular complexity index is 179. The fraction of sp³-hybridized carbons (Fsp3) is 0.889. The van der Waals surface area contributed by atoms with Crippen LogP contribution >= 0.6 is 11.8 Å². The number of aliphatic hydroxyl groups is 1. The molecule has 0 radical (unpaired) electrons. The molecule has 0 aliphatic carbocycles. The van der Waals surface area contributed by atoms with E-state index in [4.69, 9.17) is 4.74 Å². The standard InChI is InChI=1S/C9H19NO3S/c1-9(2,3)13-8(12)10-5-7(11)6-14-4/h7,11H,5-6H2,1-4H3,(H,10,12)/t7-/m1/s1. The molecule has 4 nitrogen and oxygen atoms in total. The lowest BCUT2D eigenvalue weighted by atomic mass is 10.2. The molecular weight excluding hydrogens is 202 g/mol. The van der Waals surface area contributed by atoms with Crippen LogP contribution in [-0.2, 0) is 4.74 Å². The third kappa shape index (κ3) is 8.19. The number of hydrogen-bond acceptors (Lipinski definition) is 4. The van der Waals surface area contributed by atoms with E-state index in [2.05, 4.69) is 5.32 Å². The number of carbonyl (C=O) groups excluding carboxylic acids is 1. The van der Waals surface area contributed by atoms with Crippen LogP contribution < -0.4 is 5.32 Å². The monoisotopic (exact) mass is 221 g/mol. The maximum atomic E-state index is 11.1. The largest absolute Gasteiger partial charge is 0.444 e. The lowest BCUT2D eigenvalue weighted by molar-refractivity contribution is 0.0499. The Morgan fingerprint density at radius 1 is 1.57 bits per heavy atom. The van der Waals surface area contributed by atoms with Gasteiger partial charge in [0.2, 0.25) is 0 Å². The number of hydrogen-bond donors (Lipinski definition) is 2. The fourth-order valence-electron chi connectivity index (χ4n) is 0.767. The van der Waals surface area contributed by atoms with Gasteiger partial charge in [0, 0.05) is 12.3 Å². The third-order valence-electron chi connectivity index (χ3n) is 1.24. The third-order valence-corrected chi connectivity index (χ3v) is 1.96. The Morgan fingerprint density at radius 3 is 2.57 bits per heavy atom. The highest BCUT2D eigenvalue weighted by Crippen LogP contribution is 2.06. The molecule has 0 aliphatic heterocycles. The van der Waals surface area contributed by atoms with Crippen molar-refractivity contribution < 1.29 is 14.6 Å². The van der Waals surface area contributed by atoms with Gasteiger partial charge in [0.25, 0.3) is 0 Å². The molecular formula is C9H19NO3S. The van der Waals surface area contributed by atoms with Crippen molar-refractivity contribution in [1.29, 1.82) is 0 Å². The molecule has 0 bridgehead atoms. The molecule has 0 saturated carbocycles. The van der Waals surface area contributed by atoms with Crippen molar-refractivity contribution in [1.82, 2.24) is 5.32 Å². The molecule has 0 unspecified atom stereocenters. The average molecular weight is 221 g/mol. The summed E-state index contributed by atoms with van der Waals surface area (Å²) in [4.78, 5) is 11.1. The summed E-state index contributed by atoms with van der Waals surface area (Å²) in [6, 6.07) is 0. The van der Waals surface area contributed by atoms with Gasteiger partial charge in [0.1, 0.15) is 5.60 Å². The van der Waals surface area contributed by atoms with Crippen molar-refractivity contribution in [3.05, 3.63) is 0 Å². The molecule has 2 N–H and O–H groups in total. The van der Waals surface area contributed by atoms with Gasteiger partial charge in [-0.1, -0.05) is 0 Å². The van der Waals surface area contributed by atoms with E-state index >= 15 is 0 Å². The summed E-state index contributed by atoms with van der Waals surface area (Å²) in [6.07, 6.45) is 0.895. The molecule has 0 spiro atoms. The van der Waals surface area contributed by atoms with E-state index in [1.165, 1.54) is 11.8 Å². The van der Waals surface area contributed by atoms with Crippen LogP contribution in [0.1, 0.15) is 20.8 Å². The number of alkyl carbamates (subject to hydrolysis) is 1. The van der Waals surface area contributed by atoms with Crippen molar-refractivity contribution in [2.45, 2.75) is 32.5 Å². The molecule has 0 rings (SSSR count). The van der Waals surface area contributed by atoms with Gasteiger partial charge in [-0.2, -0.15) is 11.8 Å². The summed E-state index contributed by atoms with van der Waals surface area (Å²) in [7, 11) is 0. The van der Waals surface area contributed by atoms with E-state index in [-0.39, 0.29) is 6.54 Å². The molecule has 0 fully saturated rings. The first-order valence-electron chi connectivity index (χ1n) is 4.49. The molecule has 0 aromatic heterocycles. The number of amides is 1. The summed E-state index contributed by atoms with van der Waals surface area (Å²) in [5.41, 5.74) is -0.492. The smallest absolute Gasteiger partial charge is 0.407 e. The molecule has 0 aliphatic rings. The highest BCUT2D eigenvalue weighted by molar-refractivity contribution is 7.98. The van der Waals surface area contributed by atoms with Crippen LogP contribution in [0.3, 0.4) is 0 Å². The normalized spacial score (nSPS) is 13.5. The lowest BCUT2D eigenvalue weighted by Gasteiger charge is -2.20. The minimum atomic E-state index is -0.516. The highest BCUT2D eigenvalue weighted by atomic mass is 32.2. The molecule has 0 aromatic rings. The summed E-state index contributed by atoms with van der Waals surface area (Å²) in [6.45, 7) is 5.62. The van der Waals surface area contributed by atoms with E-state index in [0.717, 1.165) is 0 Å². The maximum Gasteiger partial charge on any atom is 0.407 e. The number of carbonyl (C=O) groups is 1. The van der Waals surface area contributed by atoms with E-state index in [1.54, 1.807) is 20.8 Å². The van der Waals surface area contributed by atoms with Crippen molar-refractivity contribution in [3.8, 4) is 0 Å². The van der Waals surface area contributed by atoms with Crippen molar-refractivity contribution >= 4 is 17.9 Å². The number of nitrogens with one attached hydrogen (secondary N) is 1. The minimum absolute atomic E-state index is 0.232. The number of aliphatic hydroxyl groups excluding tert-OH is 1. The number of ether oxygens (including phenoxy) is 1. The van der Waals surface area contributed by atoms with Crippen molar-refractivity contribution in [2.24, 2.45) is 0 Å². The molecule has 0 saturated heterocycles. The second-order valence-corrected chi connectivity index (χ2v) is 4.90. The fourth-order valence-corrected chi connectivity index (χ4v) is 1.27. The summed E-state index contributed by atoms with van der Waals surface area (Å²) < 4.78 is 5.00. The van der Waals surface area contributed by atoms with Crippen LogP contribution in [0.4, 0.5) is 4.79 Å². The molecule has 1 amide bonds. The van der Waals surface area contributed by atoms with Crippen molar-refractivity contribution in [3.63, 3.8) is 0 Å². The lowest BCUT2D eigenvalue weighted by Crippen LogP contribution is -2.37. The Balaban J connectivity index is 3.64. The SMILES string of the molecule is CSC[C@H](O)CNC(=O)OC(C)(C)C. The van der Waals surface area contributed by atoms with Gasteiger partial charge in [0.05, 0.1) is 6.10 Å². The molecule has 14 heavy (non-hydrogen) atoms. The summed E-state index contributed by atoms with van der Waals surface area (Å²) >= 11 is 1.53. The molecule has 0 heterocycles. The summed E-state index contributed by atoms with van der Waals surface area (Å²) in [5, 5.41) is 11.8. The second-order valence-electron chi connectivity index (χ2n) is 3.99. The molecule has 0 aromatic carbocycles. The van der Waals surface area contributed by atoms with Gasteiger partial charge in [-0.3, -0.25) is 0 Å². The zero-order valence-corrected chi connectivity index (χ0v) is 9.98. The Labute approximate surface area is 89.4 Å². The molecule has 84 valence electrons. The van der Waals surface area contributed by atoms with Crippen molar-refractivity contribution in [2.75, 3.05) is 18.6 Å². The predicted molar refractivity (Wildman–Crippen MR) is 58.6 cm³/mol. The zero-order chi connectivity index (χ0) is 11.2. The number of rotatable bonds is 4. The van der Waals surface area contributed by atoms with Gasteiger partial charge < -0.3 is 15.2 Å². The Hall–Kier alpha value is -0.420. The van der Waals surface area contributed by atoms with E-state index in [1.807, 2.05) is 6.26 Å². The van der Waals surface area contributed by atoms with Crippen LogP contribution in [0.2, 0.25) is 0 Å². The first kappa shape index (κ1) is 13.6. The van der Waals surface area contributed by atoms with E-state index in [0.29, 0.717) is 5.75 Å². The van der Waals surface area contributed by atoms with Crippen LogP contribution in [0.15, 0.2) is 0 Å². The zero-order valence-electron chi connectivity index (χ0n) is 9.16. The van der Waals surface area contributed by atoms with Gasteiger partial charge in [-0.05, 0) is 27.0 Å². The number of thioether (sulfide) groups is 1. The molecule has 5 heteroatoms. The van der Waals surface area contributed by atoms with Crippen LogP contribution in [0.5, 0.6) is 0 Å². The Kier molecular flexibility index (Phi) is 5.95. The highest BCUT2D eigenvalue weighted by Gasteiger charge is 2.16. The van der Waals surface area contributed by atoms with Gasteiger partial charge in [-0.15, -0.1) is 0 Å². The molecule has 1 atom stereocenters. The Morgan fingerprint density at radius 2 is 2.14 bits per heavy atom. The van der Waals surface area contributed by atoms with Gasteiger partial charge in [-0.25, -0.2) is 4.79 Å². The van der Waals surface area contributed by atoms with Crippen LogP contribution in [0.25, 0.3) is 0 Å². The maximum absolute atomic E-state index is 11.1. The van der Waals surface area contributed by atoms with Crippen LogP contribution in [0, 0.1) is 0 Å². The van der Waals surface area contributed by atoms with Gasteiger partial charge >= 0.3 is 6.09 Å². The minimum Gasteiger partial charge on any atom is -0.444 e. The predicted octanol–water partition coefficient (Wildman–Crippen LogP) is 1.24. The van der Waals surface area contributed by atoms with Crippen LogP contribution in [-0.4, -0.2) is 41.5 Å². The average Bonchev–Trinajstić information content (AvgIpc) is 1.98. The first-order valence-corrected chi connectivity index (χ1v) is 5.88. The quantitative estimate of drug-likeness (QED) is 0.750. The van der Waals surface area contributed by atoms with Gasteiger partial charge in [0.15, 0.2) is 0 Å².